The van der Waals surface area contributed by atoms with Gasteiger partial charge in [-0.05, 0) is 42.9 Å². The molecule has 0 saturated carbocycles. The lowest BCUT2D eigenvalue weighted by Crippen LogP contribution is -2.17. The molecule has 1 aromatic rings. The molecule has 2 N–H and O–H groups in total. The highest BCUT2D eigenvalue weighted by Crippen LogP contribution is 2.14. The molecule has 0 unspecified atom stereocenters. The normalized spacial score (nSPS) is 12.9. The molecule has 0 bridgehead atoms. The molecule has 1 rings (SSSR count). The summed E-state index contributed by atoms with van der Waals surface area (Å²) in [5, 5.41) is 0. The molecule has 0 aliphatic carbocycles. The number of aryl methyl sites for hydroxylation is 2. The third-order valence-corrected chi connectivity index (χ3v) is 2.59. The van der Waals surface area contributed by atoms with Crippen molar-refractivity contribution in [3.63, 3.8) is 0 Å². The molecule has 0 spiro atoms. The van der Waals surface area contributed by atoms with Crippen LogP contribution >= 0.6 is 0 Å². The summed E-state index contributed by atoms with van der Waals surface area (Å²) in [7, 11) is 0. The molecular formula is C13H21N. The molecule has 0 heterocycles. The van der Waals surface area contributed by atoms with Crippen LogP contribution < -0.4 is 5.73 Å². The molecule has 0 aromatic heterocycles. The fraction of sp³-hybridized carbons (Fsp3) is 0.538. The van der Waals surface area contributed by atoms with Crippen LogP contribution in [0, 0.1) is 0 Å². The molecule has 0 aliphatic heterocycles. The van der Waals surface area contributed by atoms with E-state index in [4.69, 9.17) is 5.73 Å². The van der Waals surface area contributed by atoms with Crippen molar-refractivity contribution in [2.75, 3.05) is 0 Å². The Labute approximate surface area is 87.3 Å². The molecule has 14 heavy (non-hydrogen) atoms. The minimum atomic E-state index is 0.257. The van der Waals surface area contributed by atoms with Crippen LogP contribution in [0.25, 0.3) is 0 Å². The van der Waals surface area contributed by atoms with Crippen LogP contribution in [0.5, 0.6) is 0 Å². The molecule has 1 heteroatoms. The molecule has 0 radical (unpaired) electrons. The first-order valence-electron chi connectivity index (χ1n) is 5.53. The van der Waals surface area contributed by atoms with Crippen molar-refractivity contribution in [3.05, 3.63) is 34.9 Å². The molecule has 1 atom stereocenters. The van der Waals surface area contributed by atoms with Crippen molar-refractivity contribution in [2.45, 2.75) is 46.1 Å². The van der Waals surface area contributed by atoms with Crippen LogP contribution in [0.3, 0.4) is 0 Å². The summed E-state index contributed by atoms with van der Waals surface area (Å²) < 4.78 is 0. The first kappa shape index (κ1) is 11.3. The molecule has 0 fully saturated rings. The summed E-state index contributed by atoms with van der Waals surface area (Å²) in [5.74, 6) is 0. The van der Waals surface area contributed by atoms with E-state index in [-0.39, 0.29) is 6.04 Å². The predicted molar refractivity (Wildman–Crippen MR) is 62.6 cm³/mol. The van der Waals surface area contributed by atoms with Crippen LogP contribution in [0.15, 0.2) is 18.2 Å². The van der Waals surface area contributed by atoms with Gasteiger partial charge in [0.2, 0.25) is 0 Å². The number of hydrogen-bond acceptors (Lipinski definition) is 1. The van der Waals surface area contributed by atoms with Crippen LogP contribution in [0.2, 0.25) is 0 Å². The van der Waals surface area contributed by atoms with Gasteiger partial charge in [0.25, 0.3) is 0 Å². The minimum absolute atomic E-state index is 0.257. The number of benzene rings is 1. The molecule has 0 saturated heterocycles. The summed E-state index contributed by atoms with van der Waals surface area (Å²) in [6.45, 7) is 6.48. The third kappa shape index (κ3) is 2.85. The highest BCUT2D eigenvalue weighted by molar-refractivity contribution is 5.32. The quantitative estimate of drug-likeness (QED) is 0.778. The maximum Gasteiger partial charge on any atom is 0.00509 e. The lowest BCUT2D eigenvalue weighted by Gasteiger charge is -2.10. The van der Waals surface area contributed by atoms with E-state index in [9.17, 15) is 0 Å². The van der Waals surface area contributed by atoms with Crippen molar-refractivity contribution < 1.29 is 0 Å². The first-order chi connectivity index (χ1) is 6.67. The van der Waals surface area contributed by atoms with E-state index >= 15 is 0 Å². The van der Waals surface area contributed by atoms with Gasteiger partial charge in [0, 0.05) is 6.04 Å². The Morgan fingerprint density at radius 2 is 1.79 bits per heavy atom. The van der Waals surface area contributed by atoms with E-state index < -0.39 is 0 Å². The van der Waals surface area contributed by atoms with Gasteiger partial charge in [-0.25, -0.2) is 0 Å². The van der Waals surface area contributed by atoms with Gasteiger partial charge in [0.05, 0.1) is 0 Å². The number of rotatable bonds is 4. The van der Waals surface area contributed by atoms with Gasteiger partial charge in [0.1, 0.15) is 0 Å². The zero-order chi connectivity index (χ0) is 10.6. The number of hydrogen-bond donors (Lipinski definition) is 1. The van der Waals surface area contributed by atoms with Gasteiger partial charge in [0.15, 0.2) is 0 Å². The second-order valence-electron chi connectivity index (χ2n) is 3.99. The highest BCUT2D eigenvalue weighted by Gasteiger charge is 2.02. The zero-order valence-corrected chi connectivity index (χ0v) is 9.51. The smallest absolute Gasteiger partial charge is 0.00509 e. The molecule has 1 nitrogen and oxygen atoms in total. The maximum absolute atomic E-state index is 5.79. The fourth-order valence-corrected chi connectivity index (χ4v) is 1.85. The van der Waals surface area contributed by atoms with Crippen molar-refractivity contribution in [1.29, 1.82) is 0 Å². The van der Waals surface area contributed by atoms with Crippen molar-refractivity contribution in [1.82, 2.24) is 0 Å². The summed E-state index contributed by atoms with van der Waals surface area (Å²) in [4.78, 5) is 0. The Bertz CT molecular complexity index is 289. The van der Waals surface area contributed by atoms with E-state index in [2.05, 4.69) is 39.0 Å². The Kier molecular flexibility index (Phi) is 4.15. The van der Waals surface area contributed by atoms with Gasteiger partial charge in [-0.2, -0.15) is 0 Å². The first-order valence-corrected chi connectivity index (χ1v) is 5.53. The summed E-state index contributed by atoms with van der Waals surface area (Å²) in [5.41, 5.74) is 10.1. The van der Waals surface area contributed by atoms with Gasteiger partial charge >= 0.3 is 0 Å². The van der Waals surface area contributed by atoms with Gasteiger partial charge in [-0.1, -0.05) is 32.0 Å². The van der Waals surface area contributed by atoms with Crippen LogP contribution in [0.4, 0.5) is 0 Å². The monoisotopic (exact) mass is 191 g/mol. The van der Waals surface area contributed by atoms with Gasteiger partial charge in [-0.3, -0.25) is 0 Å². The SMILES string of the molecule is CCc1ccc(C[C@@H](C)N)cc1CC. The molecule has 1 aromatic carbocycles. The van der Waals surface area contributed by atoms with Crippen molar-refractivity contribution >= 4 is 0 Å². The highest BCUT2D eigenvalue weighted by atomic mass is 14.6. The summed E-state index contributed by atoms with van der Waals surface area (Å²) >= 11 is 0. The number of nitrogens with two attached hydrogens (primary N) is 1. The second-order valence-corrected chi connectivity index (χ2v) is 3.99. The second kappa shape index (κ2) is 5.16. The lowest BCUT2D eigenvalue weighted by molar-refractivity contribution is 0.736. The van der Waals surface area contributed by atoms with Crippen LogP contribution in [0.1, 0.15) is 37.5 Å². The fourth-order valence-electron chi connectivity index (χ4n) is 1.85. The largest absolute Gasteiger partial charge is 0.328 e. The summed E-state index contributed by atoms with van der Waals surface area (Å²) in [6.07, 6.45) is 3.23. The van der Waals surface area contributed by atoms with E-state index in [0.29, 0.717) is 0 Å². The molecule has 78 valence electrons. The predicted octanol–water partition coefficient (Wildman–Crippen LogP) is 2.70. The summed E-state index contributed by atoms with van der Waals surface area (Å²) in [6, 6.07) is 7.02. The van der Waals surface area contributed by atoms with Crippen LogP contribution in [-0.4, -0.2) is 6.04 Å². The van der Waals surface area contributed by atoms with Crippen molar-refractivity contribution in [2.24, 2.45) is 5.73 Å². The minimum Gasteiger partial charge on any atom is -0.328 e. The Hall–Kier alpha value is -0.820. The zero-order valence-electron chi connectivity index (χ0n) is 9.51. The van der Waals surface area contributed by atoms with E-state index in [1.165, 1.54) is 16.7 Å². The standard InChI is InChI=1S/C13H21N/c1-4-12-7-6-11(8-10(3)14)9-13(12)5-2/h6-7,9-10H,4-5,8,14H2,1-3H3/t10-/m1/s1. The van der Waals surface area contributed by atoms with E-state index in [1.807, 2.05) is 0 Å². The Morgan fingerprint density at radius 3 is 2.29 bits per heavy atom. The van der Waals surface area contributed by atoms with E-state index in [0.717, 1.165) is 19.3 Å². The van der Waals surface area contributed by atoms with Gasteiger partial charge in [-0.15, -0.1) is 0 Å². The topological polar surface area (TPSA) is 26.0 Å². The van der Waals surface area contributed by atoms with Gasteiger partial charge < -0.3 is 5.73 Å². The Morgan fingerprint density at radius 1 is 1.14 bits per heavy atom. The third-order valence-electron chi connectivity index (χ3n) is 2.59. The Balaban J connectivity index is 2.89. The van der Waals surface area contributed by atoms with Crippen LogP contribution in [-0.2, 0) is 19.3 Å². The molecule has 0 amide bonds. The molecular weight excluding hydrogens is 170 g/mol. The van der Waals surface area contributed by atoms with Crippen molar-refractivity contribution in [3.8, 4) is 0 Å². The average molecular weight is 191 g/mol. The maximum atomic E-state index is 5.79. The van der Waals surface area contributed by atoms with E-state index in [1.54, 1.807) is 0 Å². The molecule has 0 aliphatic rings. The lowest BCUT2D eigenvalue weighted by atomic mass is 9.97. The average Bonchev–Trinajstić information content (AvgIpc) is 2.16.